The molecule has 0 aliphatic carbocycles. The van der Waals surface area contributed by atoms with Crippen LogP contribution < -0.4 is 5.73 Å². The van der Waals surface area contributed by atoms with Crippen LogP contribution in [0.25, 0.3) is 0 Å². The number of aryl methyl sites for hydroxylation is 1. The summed E-state index contributed by atoms with van der Waals surface area (Å²) >= 11 is 0. The highest BCUT2D eigenvalue weighted by molar-refractivity contribution is 7.89. The minimum atomic E-state index is -3.51. The smallest absolute Gasteiger partial charge is 0.248 e. The van der Waals surface area contributed by atoms with E-state index in [1.54, 1.807) is 15.2 Å². The maximum absolute atomic E-state index is 12.6. The molecule has 20 heavy (non-hydrogen) atoms. The van der Waals surface area contributed by atoms with Crippen LogP contribution in [0, 0.1) is 11.8 Å². The van der Waals surface area contributed by atoms with E-state index in [1.807, 2.05) is 6.92 Å². The quantitative estimate of drug-likeness (QED) is 0.894. The molecule has 1 unspecified atom stereocenters. The fourth-order valence-corrected chi connectivity index (χ4v) is 4.19. The van der Waals surface area contributed by atoms with Crippen LogP contribution in [-0.2, 0) is 16.6 Å². The topological polar surface area (TPSA) is 81.2 Å². The predicted octanol–water partition coefficient (Wildman–Crippen LogP) is 1.54. The van der Waals surface area contributed by atoms with Crippen molar-refractivity contribution in [2.24, 2.45) is 11.8 Å². The predicted molar refractivity (Wildman–Crippen MR) is 78.6 cm³/mol. The van der Waals surface area contributed by atoms with Crippen molar-refractivity contribution in [2.45, 2.75) is 45.1 Å². The zero-order chi connectivity index (χ0) is 14.9. The first kappa shape index (κ1) is 15.3. The molecule has 1 saturated heterocycles. The van der Waals surface area contributed by atoms with Crippen LogP contribution in [0.3, 0.4) is 0 Å². The highest BCUT2D eigenvalue weighted by Gasteiger charge is 2.35. The number of nitrogen functional groups attached to an aromatic ring is 1. The van der Waals surface area contributed by atoms with Gasteiger partial charge in [-0.25, -0.2) is 8.42 Å². The van der Waals surface area contributed by atoms with Crippen molar-refractivity contribution in [1.82, 2.24) is 14.1 Å². The molecule has 1 aromatic heterocycles. The molecule has 0 amide bonds. The summed E-state index contributed by atoms with van der Waals surface area (Å²) in [5, 5.41) is 4.08. The normalized spacial score (nSPS) is 20.9. The molecule has 114 valence electrons. The lowest BCUT2D eigenvalue weighted by Crippen LogP contribution is -2.29. The van der Waals surface area contributed by atoms with Gasteiger partial charge >= 0.3 is 0 Å². The number of anilines is 1. The van der Waals surface area contributed by atoms with E-state index in [4.69, 9.17) is 5.73 Å². The van der Waals surface area contributed by atoms with Crippen LogP contribution in [0.4, 0.5) is 5.82 Å². The molecule has 0 aromatic carbocycles. The zero-order valence-electron chi connectivity index (χ0n) is 12.4. The van der Waals surface area contributed by atoms with Crippen molar-refractivity contribution >= 4 is 15.8 Å². The Morgan fingerprint density at radius 1 is 1.50 bits per heavy atom. The largest absolute Gasteiger partial charge is 0.381 e. The Balaban J connectivity index is 2.23. The third kappa shape index (κ3) is 2.83. The van der Waals surface area contributed by atoms with Crippen LogP contribution in [-0.4, -0.2) is 35.6 Å². The molecular weight excluding hydrogens is 276 g/mol. The first-order valence-corrected chi connectivity index (χ1v) is 8.63. The van der Waals surface area contributed by atoms with Gasteiger partial charge in [-0.15, -0.1) is 0 Å². The standard InChI is InChI=1S/C13H24N4O2S/c1-4-6-16-9-12(13(14)15-16)20(18,19)17-7-5-11(8-17)10(2)3/h9-11H,4-8H2,1-3H3,(H2,14,15). The number of sulfonamides is 1. The monoisotopic (exact) mass is 300 g/mol. The molecule has 7 heteroatoms. The van der Waals surface area contributed by atoms with Crippen molar-refractivity contribution < 1.29 is 8.42 Å². The number of nitrogens with two attached hydrogens (primary N) is 1. The third-order valence-corrected chi connectivity index (χ3v) is 5.84. The molecule has 2 rings (SSSR count). The summed E-state index contributed by atoms with van der Waals surface area (Å²) in [5.74, 6) is 1.03. The molecule has 2 heterocycles. The van der Waals surface area contributed by atoms with Crippen molar-refractivity contribution in [3.63, 3.8) is 0 Å². The summed E-state index contributed by atoms with van der Waals surface area (Å²) in [6.07, 6.45) is 3.36. The zero-order valence-corrected chi connectivity index (χ0v) is 13.2. The van der Waals surface area contributed by atoms with E-state index in [2.05, 4.69) is 18.9 Å². The Morgan fingerprint density at radius 3 is 2.75 bits per heavy atom. The maximum Gasteiger partial charge on any atom is 0.248 e. The van der Waals surface area contributed by atoms with Gasteiger partial charge in [0.2, 0.25) is 10.0 Å². The molecule has 2 N–H and O–H groups in total. The Hall–Kier alpha value is -1.08. The third-order valence-electron chi connectivity index (χ3n) is 3.96. The van der Waals surface area contributed by atoms with E-state index < -0.39 is 10.0 Å². The highest BCUT2D eigenvalue weighted by Crippen LogP contribution is 2.30. The first-order chi connectivity index (χ1) is 9.36. The lowest BCUT2D eigenvalue weighted by Gasteiger charge is -2.17. The molecule has 0 bridgehead atoms. The Morgan fingerprint density at radius 2 is 2.20 bits per heavy atom. The molecule has 0 radical (unpaired) electrons. The van der Waals surface area contributed by atoms with Crippen LogP contribution >= 0.6 is 0 Å². The summed E-state index contributed by atoms with van der Waals surface area (Å²) < 4.78 is 28.4. The number of nitrogens with zero attached hydrogens (tertiary/aromatic N) is 3. The van der Waals surface area contributed by atoms with Crippen molar-refractivity contribution in [3.8, 4) is 0 Å². The molecule has 0 spiro atoms. The SMILES string of the molecule is CCCn1cc(S(=O)(=O)N2CCC(C(C)C)C2)c(N)n1. The second-order valence-corrected chi connectivity index (χ2v) is 7.70. The molecule has 1 aromatic rings. The summed E-state index contributed by atoms with van der Waals surface area (Å²) in [7, 11) is -3.51. The van der Waals surface area contributed by atoms with E-state index in [9.17, 15) is 8.42 Å². The van der Waals surface area contributed by atoms with Gasteiger partial charge in [0.25, 0.3) is 0 Å². The van der Waals surface area contributed by atoms with Crippen molar-refractivity contribution in [2.75, 3.05) is 18.8 Å². The number of hydrogen-bond acceptors (Lipinski definition) is 4. The summed E-state index contributed by atoms with van der Waals surface area (Å²) in [6, 6.07) is 0. The Kier molecular flexibility index (Phi) is 4.39. The Bertz CT molecular complexity index is 565. The molecule has 1 fully saturated rings. The molecule has 1 aliphatic rings. The average molecular weight is 300 g/mol. The van der Waals surface area contributed by atoms with Crippen LogP contribution in [0.5, 0.6) is 0 Å². The van der Waals surface area contributed by atoms with Crippen LogP contribution in [0.2, 0.25) is 0 Å². The van der Waals surface area contributed by atoms with E-state index in [0.717, 1.165) is 12.8 Å². The molecule has 0 saturated carbocycles. The van der Waals surface area contributed by atoms with Crippen LogP contribution in [0.15, 0.2) is 11.1 Å². The number of aromatic nitrogens is 2. The van der Waals surface area contributed by atoms with E-state index in [1.165, 1.54) is 0 Å². The Labute approximate surface area is 121 Å². The van der Waals surface area contributed by atoms with Gasteiger partial charge in [0, 0.05) is 25.8 Å². The number of hydrogen-bond donors (Lipinski definition) is 1. The van der Waals surface area contributed by atoms with Crippen molar-refractivity contribution in [1.29, 1.82) is 0 Å². The summed E-state index contributed by atoms with van der Waals surface area (Å²) in [4.78, 5) is 0.148. The molecular formula is C13H24N4O2S. The lowest BCUT2D eigenvalue weighted by molar-refractivity contribution is 0.388. The minimum absolute atomic E-state index is 0.103. The average Bonchev–Trinajstić information content (AvgIpc) is 2.96. The van der Waals surface area contributed by atoms with Gasteiger partial charge < -0.3 is 5.73 Å². The maximum atomic E-state index is 12.6. The van der Waals surface area contributed by atoms with Gasteiger partial charge in [0.15, 0.2) is 5.82 Å². The van der Waals surface area contributed by atoms with E-state index >= 15 is 0 Å². The molecule has 1 atom stereocenters. The highest BCUT2D eigenvalue weighted by atomic mass is 32.2. The number of rotatable bonds is 5. The fourth-order valence-electron chi connectivity index (χ4n) is 2.62. The minimum Gasteiger partial charge on any atom is -0.381 e. The van der Waals surface area contributed by atoms with E-state index in [0.29, 0.717) is 31.5 Å². The van der Waals surface area contributed by atoms with E-state index in [-0.39, 0.29) is 10.7 Å². The second-order valence-electron chi connectivity index (χ2n) is 5.80. The van der Waals surface area contributed by atoms with Gasteiger partial charge in [-0.1, -0.05) is 20.8 Å². The summed E-state index contributed by atoms with van der Waals surface area (Å²) in [5.41, 5.74) is 5.78. The first-order valence-electron chi connectivity index (χ1n) is 7.19. The fraction of sp³-hybridized carbons (Fsp3) is 0.769. The van der Waals surface area contributed by atoms with Crippen LogP contribution in [0.1, 0.15) is 33.6 Å². The van der Waals surface area contributed by atoms with Gasteiger partial charge in [-0.2, -0.15) is 9.40 Å². The van der Waals surface area contributed by atoms with Gasteiger partial charge in [-0.3, -0.25) is 4.68 Å². The van der Waals surface area contributed by atoms with Crippen molar-refractivity contribution in [3.05, 3.63) is 6.20 Å². The van der Waals surface area contributed by atoms with Gasteiger partial charge in [0.05, 0.1) is 0 Å². The summed E-state index contributed by atoms with van der Waals surface area (Å²) in [6.45, 7) is 8.11. The van der Waals surface area contributed by atoms with Gasteiger partial charge in [-0.05, 0) is 24.7 Å². The second kappa shape index (κ2) is 5.73. The van der Waals surface area contributed by atoms with Gasteiger partial charge in [0.1, 0.15) is 4.90 Å². The lowest BCUT2D eigenvalue weighted by atomic mass is 9.96. The molecule has 1 aliphatic heterocycles. The molecule has 6 nitrogen and oxygen atoms in total.